The van der Waals surface area contributed by atoms with E-state index in [4.69, 9.17) is 4.74 Å². The molecule has 2 rings (SSSR count). The fourth-order valence-corrected chi connectivity index (χ4v) is 1.49. The highest BCUT2D eigenvalue weighted by molar-refractivity contribution is 5.45. The largest absolute Gasteiger partial charge is 0.497 e. The van der Waals surface area contributed by atoms with Crippen molar-refractivity contribution in [1.82, 2.24) is 0 Å². The second-order valence-corrected chi connectivity index (χ2v) is 3.82. The molecule has 5 heteroatoms. The van der Waals surface area contributed by atoms with Crippen molar-refractivity contribution >= 4 is 0 Å². The van der Waals surface area contributed by atoms with Crippen molar-refractivity contribution in [2.45, 2.75) is 0 Å². The number of ether oxygens (including phenoxy) is 1. The van der Waals surface area contributed by atoms with Gasteiger partial charge < -0.3 is 4.74 Å². The van der Waals surface area contributed by atoms with Gasteiger partial charge in [-0.1, -0.05) is 11.8 Å². The highest BCUT2D eigenvalue weighted by Gasteiger charge is 2.17. The normalized spacial score (nSPS) is 9.85. The van der Waals surface area contributed by atoms with Gasteiger partial charge in [0.25, 0.3) is 0 Å². The van der Waals surface area contributed by atoms with Gasteiger partial charge in [-0.3, -0.25) is 0 Å². The van der Waals surface area contributed by atoms with Gasteiger partial charge in [0.1, 0.15) is 11.3 Å². The second-order valence-electron chi connectivity index (χ2n) is 3.82. The van der Waals surface area contributed by atoms with Crippen LogP contribution in [0.15, 0.2) is 30.3 Å². The summed E-state index contributed by atoms with van der Waals surface area (Å²) >= 11 is 0. The molecule has 0 aliphatic rings. The third-order valence-electron chi connectivity index (χ3n) is 2.53. The molecule has 0 bridgehead atoms. The summed E-state index contributed by atoms with van der Waals surface area (Å²) in [5, 5.41) is 0. The van der Waals surface area contributed by atoms with Crippen molar-refractivity contribution in [3.8, 4) is 17.6 Å². The van der Waals surface area contributed by atoms with E-state index in [0.29, 0.717) is 11.3 Å². The molecule has 20 heavy (non-hydrogen) atoms. The average molecular weight is 280 g/mol. The topological polar surface area (TPSA) is 9.23 Å². The van der Waals surface area contributed by atoms with E-state index in [-0.39, 0.29) is 6.07 Å². The summed E-state index contributed by atoms with van der Waals surface area (Å²) in [6, 6.07) is 6.45. The van der Waals surface area contributed by atoms with Crippen LogP contribution in [0.2, 0.25) is 0 Å². The maximum absolute atomic E-state index is 13.4. The molecular formula is C15H8F4O. The predicted molar refractivity (Wildman–Crippen MR) is 65.2 cm³/mol. The molecule has 0 radical (unpaired) electrons. The molecule has 0 N–H and O–H groups in total. The number of hydrogen-bond donors (Lipinski definition) is 0. The van der Waals surface area contributed by atoms with Gasteiger partial charge in [-0.25, -0.2) is 17.6 Å². The standard InChI is InChI=1S/C15H8F4O/c1-20-10-5-2-9(3-6-10)4-7-11-14(18)12(16)8-13(17)15(11)19/h2-3,5-6,8H,1H3. The number of hydrogen-bond acceptors (Lipinski definition) is 1. The minimum absolute atomic E-state index is 0.142. The van der Waals surface area contributed by atoms with Gasteiger partial charge in [0, 0.05) is 11.6 Å². The van der Waals surface area contributed by atoms with Crippen molar-refractivity contribution < 1.29 is 22.3 Å². The van der Waals surface area contributed by atoms with Gasteiger partial charge in [-0.05, 0) is 24.3 Å². The molecule has 0 spiro atoms. The summed E-state index contributed by atoms with van der Waals surface area (Å²) in [5.74, 6) is -0.872. The Bertz CT molecular complexity index is 670. The highest BCUT2D eigenvalue weighted by Crippen LogP contribution is 2.18. The Kier molecular flexibility index (Phi) is 3.94. The van der Waals surface area contributed by atoms with Gasteiger partial charge in [-0.15, -0.1) is 0 Å². The van der Waals surface area contributed by atoms with E-state index in [1.165, 1.54) is 7.11 Å². The maximum atomic E-state index is 13.4. The zero-order valence-corrected chi connectivity index (χ0v) is 10.3. The molecule has 2 aromatic rings. The van der Waals surface area contributed by atoms with Crippen LogP contribution in [0.4, 0.5) is 17.6 Å². The van der Waals surface area contributed by atoms with Crippen molar-refractivity contribution in [1.29, 1.82) is 0 Å². The van der Waals surface area contributed by atoms with Crippen LogP contribution in [-0.2, 0) is 0 Å². The van der Waals surface area contributed by atoms with Crippen molar-refractivity contribution in [2.75, 3.05) is 7.11 Å². The minimum atomic E-state index is -1.51. The first-order valence-electron chi connectivity index (χ1n) is 5.52. The molecule has 0 saturated carbocycles. The van der Waals surface area contributed by atoms with Crippen LogP contribution in [0.1, 0.15) is 11.1 Å². The van der Waals surface area contributed by atoms with E-state index in [1.54, 1.807) is 24.3 Å². The van der Waals surface area contributed by atoms with E-state index in [0.717, 1.165) is 0 Å². The molecule has 0 aliphatic heterocycles. The van der Waals surface area contributed by atoms with E-state index in [1.807, 2.05) is 0 Å². The van der Waals surface area contributed by atoms with Crippen LogP contribution in [-0.4, -0.2) is 7.11 Å². The molecule has 102 valence electrons. The van der Waals surface area contributed by atoms with Crippen molar-refractivity contribution in [3.63, 3.8) is 0 Å². The zero-order chi connectivity index (χ0) is 14.7. The Morgan fingerprint density at radius 3 is 1.90 bits per heavy atom. The third kappa shape index (κ3) is 2.75. The number of rotatable bonds is 1. The van der Waals surface area contributed by atoms with Crippen LogP contribution in [0.3, 0.4) is 0 Å². The number of benzene rings is 2. The molecule has 0 unspecified atom stereocenters. The summed E-state index contributed by atoms with van der Waals surface area (Å²) in [6.07, 6.45) is 0. The Morgan fingerprint density at radius 2 is 1.40 bits per heavy atom. The molecule has 0 aliphatic carbocycles. The lowest BCUT2D eigenvalue weighted by Crippen LogP contribution is -1.98. The van der Waals surface area contributed by atoms with Gasteiger partial charge in [0.15, 0.2) is 23.3 Å². The Morgan fingerprint density at radius 1 is 0.850 bits per heavy atom. The molecule has 0 heterocycles. The SMILES string of the molecule is COc1ccc(C#Cc2c(F)c(F)cc(F)c2F)cc1. The van der Waals surface area contributed by atoms with Crippen LogP contribution in [0.5, 0.6) is 5.75 Å². The molecule has 0 atom stereocenters. The number of halogens is 4. The van der Waals surface area contributed by atoms with Crippen LogP contribution < -0.4 is 4.74 Å². The minimum Gasteiger partial charge on any atom is -0.497 e. The molecule has 1 nitrogen and oxygen atoms in total. The van der Waals surface area contributed by atoms with E-state index in [2.05, 4.69) is 11.8 Å². The Labute approximate surface area is 112 Å². The molecular weight excluding hydrogens is 272 g/mol. The summed E-state index contributed by atoms with van der Waals surface area (Å²) in [5.41, 5.74) is -0.507. The van der Waals surface area contributed by atoms with Crippen LogP contribution in [0.25, 0.3) is 0 Å². The Hall–Kier alpha value is -2.48. The molecule has 2 aromatic carbocycles. The van der Waals surface area contributed by atoms with Crippen LogP contribution in [0, 0.1) is 35.1 Å². The van der Waals surface area contributed by atoms with Crippen LogP contribution >= 0.6 is 0 Å². The third-order valence-corrected chi connectivity index (χ3v) is 2.53. The Balaban J connectivity index is 2.42. The zero-order valence-electron chi connectivity index (χ0n) is 10.3. The second kappa shape index (κ2) is 5.66. The average Bonchev–Trinajstić information content (AvgIpc) is 2.46. The smallest absolute Gasteiger partial charge is 0.177 e. The van der Waals surface area contributed by atoms with Gasteiger partial charge in [0.2, 0.25) is 0 Å². The first kappa shape index (κ1) is 13.9. The summed E-state index contributed by atoms with van der Waals surface area (Å²) < 4.78 is 57.6. The van der Waals surface area contributed by atoms with Gasteiger partial charge >= 0.3 is 0 Å². The summed E-state index contributed by atoms with van der Waals surface area (Å²) in [6.45, 7) is 0. The molecule has 0 saturated heterocycles. The lowest BCUT2D eigenvalue weighted by molar-refractivity contribution is 0.415. The predicted octanol–water partition coefficient (Wildman–Crippen LogP) is 3.65. The van der Waals surface area contributed by atoms with E-state index >= 15 is 0 Å². The fraction of sp³-hybridized carbons (Fsp3) is 0.0667. The lowest BCUT2D eigenvalue weighted by Gasteiger charge is -2.00. The quantitative estimate of drug-likeness (QED) is 0.440. The van der Waals surface area contributed by atoms with Crippen molar-refractivity contribution in [2.24, 2.45) is 0 Å². The maximum Gasteiger partial charge on any atom is 0.177 e. The van der Waals surface area contributed by atoms with E-state index in [9.17, 15) is 17.6 Å². The molecule has 0 fully saturated rings. The summed E-state index contributed by atoms with van der Waals surface area (Å²) in [7, 11) is 1.49. The lowest BCUT2D eigenvalue weighted by atomic mass is 10.1. The summed E-state index contributed by atoms with van der Waals surface area (Å²) in [4.78, 5) is 0. The highest BCUT2D eigenvalue weighted by atomic mass is 19.2. The first-order chi connectivity index (χ1) is 9.52. The first-order valence-corrected chi connectivity index (χ1v) is 5.52. The molecule has 0 amide bonds. The molecule has 0 aromatic heterocycles. The van der Waals surface area contributed by atoms with E-state index < -0.39 is 28.8 Å². The van der Waals surface area contributed by atoms with Crippen molar-refractivity contribution in [3.05, 3.63) is 64.7 Å². The van der Waals surface area contributed by atoms with Gasteiger partial charge in [-0.2, -0.15) is 0 Å². The monoisotopic (exact) mass is 280 g/mol. The fourth-order valence-electron chi connectivity index (χ4n) is 1.49. The number of methoxy groups -OCH3 is 1. The van der Waals surface area contributed by atoms with Gasteiger partial charge in [0.05, 0.1) is 7.11 Å².